The Hall–Kier alpha value is -0.450. The van der Waals surface area contributed by atoms with Gasteiger partial charge in [0.2, 0.25) is 0 Å². The van der Waals surface area contributed by atoms with Crippen molar-refractivity contribution >= 4 is 15.9 Å². The van der Waals surface area contributed by atoms with E-state index in [9.17, 15) is 0 Å². The highest BCUT2D eigenvalue weighted by atomic mass is 79.9. The van der Waals surface area contributed by atoms with Gasteiger partial charge in [0.1, 0.15) is 0 Å². The fraction of sp³-hybridized carbons (Fsp3) is 0.643. The topological polar surface area (TPSA) is 34.1 Å². The molecule has 0 aliphatic carbocycles. The number of pyridine rings is 1. The summed E-state index contributed by atoms with van der Waals surface area (Å²) in [4.78, 5) is 4.23. The third kappa shape index (κ3) is 4.04. The van der Waals surface area contributed by atoms with Gasteiger partial charge in [0.15, 0.2) is 0 Å². The zero-order valence-electron chi connectivity index (χ0n) is 10.9. The first-order valence-electron chi connectivity index (χ1n) is 6.69. The molecule has 0 radical (unpaired) electrons. The van der Waals surface area contributed by atoms with Gasteiger partial charge in [-0.1, -0.05) is 0 Å². The maximum atomic E-state index is 5.65. The second-order valence-corrected chi connectivity index (χ2v) is 5.76. The van der Waals surface area contributed by atoms with Gasteiger partial charge < -0.3 is 10.1 Å². The van der Waals surface area contributed by atoms with E-state index >= 15 is 0 Å². The van der Waals surface area contributed by atoms with E-state index in [1.54, 1.807) is 0 Å². The molecular weight excluding hydrogens is 292 g/mol. The minimum absolute atomic E-state index is 0.386. The Morgan fingerprint density at radius 2 is 2.44 bits per heavy atom. The van der Waals surface area contributed by atoms with Crippen LogP contribution in [0.15, 0.2) is 22.9 Å². The second kappa shape index (κ2) is 7.22. The van der Waals surface area contributed by atoms with Crippen LogP contribution in [0.1, 0.15) is 43.7 Å². The maximum Gasteiger partial charge on any atom is 0.0576 e. The van der Waals surface area contributed by atoms with Gasteiger partial charge in [0.05, 0.1) is 6.10 Å². The molecule has 3 nitrogen and oxygen atoms in total. The fourth-order valence-electron chi connectivity index (χ4n) is 2.52. The van der Waals surface area contributed by atoms with Gasteiger partial charge in [-0.25, -0.2) is 0 Å². The molecule has 4 heteroatoms. The van der Waals surface area contributed by atoms with Crippen molar-refractivity contribution < 1.29 is 4.74 Å². The van der Waals surface area contributed by atoms with Crippen molar-refractivity contribution in [2.45, 2.75) is 44.2 Å². The van der Waals surface area contributed by atoms with Crippen LogP contribution in [-0.2, 0) is 4.74 Å². The minimum Gasteiger partial charge on any atom is -0.378 e. The van der Waals surface area contributed by atoms with E-state index in [1.165, 1.54) is 31.2 Å². The Kier molecular flexibility index (Phi) is 5.60. The highest BCUT2D eigenvalue weighted by Crippen LogP contribution is 2.24. The zero-order valence-corrected chi connectivity index (χ0v) is 12.4. The molecule has 1 aliphatic rings. The molecule has 2 atom stereocenters. The average molecular weight is 313 g/mol. The smallest absolute Gasteiger partial charge is 0.0576 e. The monoisotopic (exact) mass is 312 g/mol. The number of hydrogen-bond acceptors (Lipinski definition) is 3. The molecule has 1 fully saturated rings. The highest BCUT2D eigenvalue weighted by molar-refractivity contribution is 9.10. The predicted octanol–water partition coefficient (Wildman–Crippen LogP) is 3.45. The molecule has 1 saturated heterocycles. The number of nitrogens with one attached hydrogen (secondary N) is 1. The molecule has 2 heterocycles. The Balaban J connectivity index is 1.81. The number of aromatic nitrogens is 1. The predicted molar refractivity (Wildman–Crippen MR) is 76.6 cm³/mol. The largest absolute Gasteiger partial charge is 0.378 e. The second-order valence-electron chi connectivity index (χ2n) is 4.84. The van der Waals surface area contributed by atoms with Crippen LogP contribution in [0.3, 0.4) is 0 Å². The van der Waals surface area contributed by atoms with Gasteiger partial charge in [-0.05, 0) is 66.7 Å². The summed E-state index contributed by atoms with van der Waals surface area (Å²) in [5.74, 6) is 0. The van der Waals surface area contributed by atoms with Crippen LogP contribution in [0, 0.1) is 0 Å². The van der Waals surface area contributed by atoms with Crippen molar-refractivity contribution in [3.05, 3.63) is 28.5 Å². The van der Waals surface area contributed by atoms with Crippen LogP contribution in [0.25, 0.3) is 0 Å². The lowest BCUT2D eigenvalue weighted by molar-refractivity contribution is 0.101. The Bertz CT molecular complexity index is 367. The summed E-state index contributed by atoms with van der Waals surface area (Å²) < 4.78 is 6.69. The molecule has 0 aromatic carbocycles. The summed E-state index contributed by atoms with van der Waals surface area (Å²) in [6.07, 6.45) is 10.2. The van der Waals surface area contributed by atoms with E-state index in [0.29, 0.717) is 12.1 Å². The van der Waals surface area contributed by atoms with Gasteiger partial charge >= 0.3 is 0 Å². The highest BCUT2D eigenvalue weighted by Gasteiger charge is 2.16. The third-order valence-corrected chi connectivity index (χ3v) is 3.95. The van der Waals surface area contributed by atoms with Crippen LogP contribution < -0.4 is 5.32 Å². The molecule has 2 unspecified atom stereocenters. The fourth-order valence-corrected chi connectivity index (χ4v) is 2.90. The third-order valence-electron chi connectivity index (χ3n) is 3.52. The minimum atomic E-state index is 0.386. The Morgan fingerprint density at radius 3 is 3.11 bits per heavy atom. The van der Waals surface area contributed by atoms with Gasteiger partial charge in [-0.15, -0.1) is 0 Å². The van der Waals surface area contributed by atoms with Crippen LogP contribution in [0.4, 0.5) is 0 Å². The van der Waals surface area contributed by atoms with Crippen LogP contribution in [0.5, 0.6) is 0 Å². The van der Waals surface area contributed by atoms with E-state index in [2.05, 4.69) is 32.3 Å². The van der Waals surface area contributed by atoms with Gasteiger partial charge in [-0.3, -0.25) is 4.98 Å². The lowest BCUT2D eigenvalue weighted by Crippen LogP contribution is -2.17. The lowest BCUT2D eigenvalue weighted by Gasteiger charge is -2.17. The van der Waals surface area contributed by atoms with E-state index < -0.39 is 0 Å². The molecule has 0 spiro atoms. The van der Waals surface area contributed by atoms with Crippen molar-refractivity contribution in [2.75, 3.05) is 13.7 Å². The molecule has 18 heavy (non-hydrogen) atoms. The summed E-state index contributed by atoms with van der Waals surface area (Å²) >= 11 is 3.47. The standard InChI is InChI=1S/C14H21BrN2O/c1-16-14(11-8-12(15)10-17-9-11)6-2-4-13-5-3-7-18-13/h8-10,13-14,16H,2-7H2,1H3. The van der Waals surface area contributed by atoms with Gasteiger partial charge in [0.25, 0.3) is 0 Å². The van der Waals surface area contributed by atoms with E-state index in [1.807, 2.05) is 19.4 Å². The molecule has 0 saturated carbocycles. The molecule has 0 bridgehead atoms. The maximum absolute atomic E-state index is 5.65. The normalized spacial score (nSPS) is 21.1. The van der Waals surface area contributed by atoms with Gasteiger partial charge in [0, 0.05) is 29.5 Å². The first-order chi connectivity index (χ1) is 8.79. The van der Waals surface area contributed by atoms with E-state index in [-0.39, 0.29) is 0 Å². The van der Waals surface area contributed by atoms with Gasteiger partial charge in [-0.2, -0.15) is 0 Å². The van der Waals surface area contributed by atoms with Crippen molar-refractivity contribution in [3.63, 3.8) is 0 Å². The van der Waals surface area contributed by atoms with Crippen molar-refractivity contribution in [3.8, 4) is 0 Å². The summed E-state index contributed by atoms with van der Waals surface area (Å²) in [5.41, 5.74) is 1.25. The Morgan fingerprint density at radius 1 is 1.56 bits per heavy atom. The lowest BCUT2D eigenvalue weighted by atomic mass is 10.0. The number of halogens is 1. The van der Waals surface area contributed by atoms with Crippen molar-refractivity contribution in [1.82, 2.24) is 10.3 Å². The number of ether oxygens (including phenoxy) is 1. The summed E-state index contributed by atoms with van der Waals surface area (Å²) in [7, 11) is 2.01. The Labute approximate surface area is 117 Å². The van der Waals surface area contributed by atoms with E-state index in [0.717, 1.165) is 17.5 Å². The molecule has 1 aromatic heterocycles. The number of nitrogens with zero attached hydrogens (tertiary/aromatic N) is 1. The zero-order chi connectivity index (χ0) is 12.8. The molecule has 2 rings (SSSR count). The van der Waals surface area contributed by atoms with Crippen molar-refractivity contribution in [2.24, 2.45) is 0 Å². The van der Waals surface area contributed by atoms with Crippen LogP contribution >= 0.6 is 15.9 Å². The first kappa shape index (κ1) is 14.0. The molecule has 1 aromatic rings. The molecule has 1 N–H and O–H groups in total. The SMILES string of the molecule is CNC(CCCC1CCCO1)c1cncc(Br)c1. The summed E-state index contributed by atoms with van der Waals surface area (Å²) in [6.45, 7) is 0.954. The molecular formula is C14H21BrN2O. The summed E-state index contributed by atoms with van der Waals surface area (Å²) in [6, 6.07) is 2.52. The van der Waals surface area contributed by atoms with Crippen molar-refractivity contribution in [1.29, 1.82) is 0 Å². The summed E-state index contributed by atoms with van der Waals surface area (Å²) in [5, 5.41) is 3.37. The first-order valence-corrected chi connectivity index (χ1v) is 7.48. The number of hydrogen-bond donors (Lipinski definition) is 1. The average Bonchev–Trinajstić information content (AvgIpc) is 2.88. The van der Waals surface area contributed by atoms with Crippen LogP contribution in [0.2, 0.25) is 0 Å². The quantitative estimate of drug-likeness (QED) is 0.873. The molecule has 1 aliphatic heterocycles. The number of rotatable bonds is 6. The van der Waals surface area contributed by atoms with Crippen LogP contribution in [-0.4, -0.2) is 24.7 Å². The molecule has 0 amide bonds. The van der Waals surface area contributed by atoms with E-state index in [4.69, 9.17) is 4.74 Å². The molecule has 100 valence electrons.